The van der Waals surface area contributed by atoms with Crippen LogP contribution in [0.1, 0.15) is 10.4 Å². The van der Waals surface area contributed by atoms with Crippen molar-refractivity contribution in [1.29, 1.82) is 0 Å². The Kier molecular flexibility index (Phi) is 3.54. The van der Waals surface area contributed by atoms with E-state index in [4.69, 9.17) is 4.74 Å². The van der Waals surface area contributed by atoms with E-state index in [-0.39, 0.29) is 11.6 Å². The average Bonchev–Trinajstić information content (AvgIpc) is 2.29. The first-order chi connectivity index (χ1) is 8.09. The number of ether oxygens (including phenoxy) is 1. The number of rotatable bonds is 2. The summed E-state index contributed by atoms with van der Waals surface area (Å²) in [6.45, 7) is 0.921. The van der Waals surface area contributed by atoms with Crippen LogP contribution in [-0.2, 0) is 4.74 Å². The van der Waals surface area contributed by atoms with Crippen molar-refractivity contribution in [2.75, 3.05) is 18.1 Å². The van der Waals surface area contributed by atoms with Crippen molar-refractivity contribution in [2.45, 2.75) is 12.2 Å². The van der Waals surface area contributed by atoms with Gasteiger partial charge in [0, 0.05) is 17.2 Å². The monoisotopic (exact) mass is 231 g/mol. The van der Waals surface area contributed by atoms with Crippen LogP contribution in [0.2, 0.25) is 0 Å². The number of hydrogen-bond acceptors (Lipinski definition) is 4. The lowest BCUT2D eigenvalue weighted by Crippen LogP contribution is -2.52. The number of nitrogens with zero attached hydrogens (tertiary/aromatic N) is 1. The van der Waals surface area contributed by atoms with Gasteiger partial charge in [-0.2, -0.15) is 0 Å². The molecule has 2 atom stereocenters. The third kappa shape index (κ3) is 2.53. The van der Waals surface area contributed by atoms with Crippen LogP contribution in [0.5, 0.6) is 0 Å². The number of carbonyl (C=O) groups is 1. The summed E-state index contributed by atoms with van der Waals surface area (Å²) < 4.78 is 5.26. The highest BCUT2D eigenvalue weighted by molar-refractivity contribution is 6.62. The molecule has 1 saturated heterocycles. The quantitative estimate of drug-likeness (QED) is 0.634. The summed E-state index contributed by atoms with van der Waals surface area (Å²) in [4.78, 5) is 13.1. The van der Waals surface area contributed by atoms with Gasteiger partial charge in [-0.15, -0.1) is 0 Å². The van der Waals surface area contributed by atoms with E-state index in [0.29, 0.717) is 18.8 Å². The van der Waals surface area contributed by atoms with Crippen molar-refractivity contribution < 1.29 is 14.6 Å². The van der Waals surface area contributed by atoms with E-state index in [0.717, 1.165) is 5.69 Å². The Morgan fingerprint density at radius 3 is 2.53 bits per heavy atom. The van der Waals surface area contributed by atoms with Gasteiger partial charge in [-0.05, 0) is 12.1 Å². The Morgan fingerprint density at radius 2 is 2.00 bits per heavy atom. The highest BCUT2D eigenvalue weighted by Crippen LogP contribution is 2.22. The van der Waals surface area contributed by atoms with Gasteiger partial charge in [0.1, 0.15) is 19.8 Å². The second-order valence-corrected chi connectivity index (χ2v) is 4.38. The number of aliphatic hydroxyl groups is 1. The number of morpholine rings is 1. The van der Waals surface area contributed by atoms with Crippen LogP contribution in [0.3, 0.4) is 0 Å². The average molecular weight is 231 g/mol. The summed E-state index contributed by atoms with van der Waals surface area (Å²) >= 11 is 0. The summed E-state index contributed by atoms with van der Waals surface area (Å²) in [5.41, 5.74) is 1.65. The summed E-state index contributed by atoms with van der Waals surface area (Å²) in [5, 5.41) is 9.91. The molecule has 17 heavy (non-hydrogen) atoms. The molecule has 2 rings (SSSR count). The van der Waals surface area contributed by atoms with Crippen molar-refractivity contribution >= 4 is 27.1 Å². The van der Waals surface area contributed by atoms with Crippen LogP contribution in [-0.4, -0.2) is 51.9 Å². The molecule has 1 aliphatic heterocycles. The van der Waals surface area contributed by atoms with E-state index in [1.54, 1.807) is 20.0 Å². The number of benzene rings is 1. The Bertz CT molecular complexity index is 400. The van der Waals surface area contributed by atoms with E-state index < -0.39 is 6.23 Å². The zero-order chi connectivity index (χ0) is 12.4. The van der Waals surface area contributed by atoms with Crippen LogP contribution < -0.4 is 4.90 Å². The highest BCUT2D eigenvalue weighted by atomic mass is 16.5. The molecule has 6 heteroatoms. The zero-order valence-electron chi connectivity index (χ0n) is 10.1. The Morgan fingerprint density at radius 1 is 1.35 bits per heavy atom. The minimum Gasteiger partial charge on any atom is -0.375 e. The molecule has 1 heterocycles. The minimum absolute atomic E-state index is 0.0483. The molecule has 4 nitrogen and oxygen atoms in total. The fraction of sp³-hybridized carbons (Fsp3) is 0.364. The molecule has 1 aromatic rings. The van der Waals surface area contributed by atoms with Crippen LogP contribution in [0, 0.1) is 0 Å². The Balaban J connectivity index is 2.23. The van der Waals surface area contributed by atoms with Gasteiger partial charge in [0.25, 0.3) is 0 Å². The smallest absolute Gasteiger partial charge is 0.193 e. The lowest BCUT2D eigenvalue weighted by Gasteiger charge is -2.39. The lowest BCUT2D eigenvalue weighted by atomic mass is 9.92. The second-order valence-electron chi connectivity index (χ2n) is 4.38. The first-order valence-electron chi connectivity index (χ1n) is 5.74. The summed E-state index contributed by atoms with van der Waals surface area (Å²) in [6.07, 6.45) is -0.623. The molecule has 0 bridgehead atoms. The van der Waals surface area contributed by atoms with Crippen LogP contribution >= 0.6 is 0 Å². The molecular weight excluding hydrogens is 216 g/mol. The predicted molar refractivity (Wildman–Crippen MR) is 71.0 cm³/mol. The topological polar surface area (TPSA) is 49.8 Å². The molecule has 1 fully saturated rings. The van der Waals surface area contributed by atoms with E-state index in [2.05, 4.69) is 0 Å². The van der Waals surface area contributed by atoms with Gasteiger partial charge in [0.15, 0.2) is 7.85 Å². The molecule has 1 aromatic carbocycles. The van der Waals surface area contributed by atoms with Gasteiger partial charge in [0.2, 0.25) is 0 Å². The first kappa shape index (κ1) is 12.2. The van der Waals surface area contributed by atoms with Gasteiger partial charge in [-0.3, -0.25) is 0 Å². The fourth-order valence-corrected chi connectivity index (χ4v) is 2.09. The third-order valence-corrected chi connectivity index (χ3v) is 2.99. The molecule has 2 unspecified atom stereocenters. The van der Waals surface area contributed by atoms with Gasteiger partial charge >= 0.3 is 0 Å². The molecule has 88 valence electrons. The Labute approximate surface area is 102 Å². The van der Waals surface area contributed by atoms with E-state index in [9.17, 15) is 9.90 Å². The SMILES string of the molecule is BC(=O)c1ccc(N2C(B)COCC2O)cc1. The number of hydrogen-bond donors (Lipinski definition) is 1. The normalized spacial score (nSPS) is 24.6. The number of anilines is 1. The number of carbonyl (C=O) groups excluding carboxylic acids is 1. The minimum atomic E-state index is -0.623. The number of aliphatic hydroxyl groups excluding tert-OH is 1. The lowest BCUT2D eigenvalue weighted by molar-refractivity contribution is -0.000831. The molecule has 0 radical (unpaired) electrons. The van der Waals surface area contributed by atoms with Gasteiger partial charge in [0.05, 0.1) is 13.2 Å². The van der Waals surface area contributed by atoms with Crippen molar-refractivity contribution in [3.63, 3.8) is 0 Å². The molecule has 0 aromatic heterocycles. The van der Waals surface area contributed by atoms with Gasteiger partial charge < -0.3 is 19.5 Å². The van der Waals surface area contributed by atoms with Crippen LogP contribution in [0.25, 0.3) is 0 Å². The Hall–Kier alpha value is -1.26. The van der Waals surface area contributed by atoms with Crippen LogP contribution in [0.15, 0.2) is 24.3 Å². The molecule has 1 N–H and O–H groups in total. The standard InChI is InChI=1S/C11H15B2NO3/c12-9-5-17-6-10(15)14(9)8-3-1-7(2-4-8)11(13)16/h1-4,9-10,15H,5-6,12-13H2. The van der Waals surface area contributed by atoms with Crippen molar-refractivity contribution in [1.82, 2.24) is 0 Å². The van der Waals surface area contributed by atoms with Crippen molar-refractivity contribution in [3.8, 4) is 0 Å². The van der Waals surface area contributed by atoms with E-state index in [1.165, 1.54) is 0 Å². The van der Waals surface area contributed by atoms with E-state index in [1.807, 2.05) is 24.9 Å². The predicted octanol–water partition coefficient (Wildman–Crippen LogP) is -1.43. The molecule has 0 aliphatic carbocycles. The van der Waals surface area contributed by atoms with Gasteiger partial charge in [-0.25, -0.2) is 0 Å². The van der Waals surface area contributed by atoms with Crippen molar-refractivity contribution in [3.05, 3.63) is 29.8 Å². The fourth-order valence-electron chi connectivity index (χ4n) is 2.09. The van der Waals surface area contributed by atoms with Crippen molar-refractivity contribution in [2.24, 2.45) is 0 Å². The van der Waals surface area contributed by atoms with Gasteiger partial charge in [-0.1, -0.05) is 12.1 Å². The summed E-state index contributed by atoms with van der Waals surface area (Å²) in [7, 11) is 3.54. The van der Waals surface area contributed by atoms with E-state index >= 15 is 0 Å². The maximum atomic E-state index is 11.2. The second kappa shape index (κ2) is 4.94. The first-order valence-corrected chi connectivity index (χ1v) is 5.74. The molecule has 1 aliphatic rings. The maximum absolute atomic E-state index is 11.2. The highest BCUT2D eigenvalue weighted by Gasteiger charge is 2.26. The molecule has 0 spiro atoms. The molecule has 0 amide bonds. The third-order valence-electron chi connectivity index (χ3n) is 2.99. The summed E-state index contributed by atoms with van der Waals surface area (Å²) in [6, 6.07) is 7.29. The molecular formula is C11H15B2NO3. The zero-order valence-corrected chi connectivity index (χ0v) is 10.1. The summed E-state index contributed by atoms with van der Waals surface area (Å²) in [5.74, 6) is 0.127. The molecule has 0 saturated carbocycles. The maximum Gasteiger partial charge on any atom is 0.193 e. The largest absolute Gasteiger partial charge is 0.375 e. The van der Waals surface area contributed by atoms with Crippen LogP contribution in [0.4, 0.5) is 5.69 Å².